The second-order valence-electron chi connectivity index (χ2n) is 6.49. The number of halogens is 2. The predicted octanol–water partition coefficient (Wildman–Crippen LogP) is 3.91. The van der Waals surface area contributed by atoms with Crippen molar-refractivity contribution >= 4 is 60.2 Å². The molecule has 0 fully saturated rings. The summed E-state index contributed by atoms with van der Waals surface area (Å²) < 4.78 is 45.4. The lowest BCUT2D eigenvalue weighted by atomic mass is 10.2. The summed E-state index contributed by atoms with van der Waals surface area (Å²) in [5.74, 6) is -2.04. The zero-order valence-corrected chi connectivity index (χ0v) is 19.5. The van der Waals surface area contributed by atoms with E-state index in [1.54, 1.807) is 13.8 Å². The van der Waals surface area contributed by atoms with Crippen molar-refractivity contribution in [3.05, 3.63) is 52.8 Å². The first kappa shape index (κ1) is 24.1. The zero-order chi connectivity index (χ0) is 23.5. The fraction of sp³-hybridized carbons (Fsp3) is 0.250. The Hall–Kier alpha value is -2.60. The molecule has 0 atom stereocenters. The van der Waals surface area contributed by atoms with Gasteiger partial charge in [0.05, 0.1) is 25.7 Å². The molecule has 3 aromatic rings. The number of fused-ring (bicyclic) bond motifs is 1. The molecule has 2 aromatic carbocycles. The van der Waals surface area contributed by atoms with Crippen molar-refractivity contribution in [3.63, 3.8) is 0 Å². The highest BCUT2D eigenvalue weighted by Gasteiger charge is 2.24. The van der Waals surface area contributed by atoms with Crippen LogP contribution in [0.15, 0.2) is 41.3 Å². The van der Waals surface area contributed by atoms with Gasteiger partial charge in [0.1, 0.15) is 5.82 Å². The van der Waals surface area contributed by atoms with Crippen LogP contribution in [0.3, 0.4) is 0 Å². The number of aromatic nitrogens is 1. The number of esters is 1. The van der Waals surface area contributed by atoms with Crippen LogP contribution in [0.1, 0.15) is 24.2 Å². The molecule has 8 nitrogen and oxygen atoms in total. The number of hydrogen-bond donors (Lipinski definition) is 1. The monoisotopic (exact) mass is 499 g/mol. The van der Waals surface area contributed by atoms with Gasteiger partial charge in [0, 0.05) is 13.1 Å². The topological polar surface area (TPSA) is 106 Å². The Morgan fingerprint density at radius 2 is 1.91 bits per heavy atom. The molecule has 0 aliphatic heterocycles. The molecule has 0 bridgehead atoms. The van der Waals surface area contributed by atoms with E-state index < -0.39 is 34.3 Å². The van der Waals surface area contributed by atoms with Gasteiger partial charge in [-0.25, -0.2) is 22.6 Å². The number of carbonyl (C=O) groups is 2. The summed E-state index contributed by atoms with van der Waals surface area (Å²) in [6, 6.07) is 7.75. The highest BCUT2D eigenvalue weighted by Crippen LogP contribution is 2.27. The highest BCUT2D eigenvalue weighted by atomic mass is 35.5. The molecule has 1 aromatic heterocycles. The Morgan fingerprint density at radius 3 is 2.59 bits per heavy atom. The van der Waals surface area contributed by atoms with Crippen molar-refractivity contribution in [2.24, 2.45) is 0 Å². The normalized spacial score (nSPS) is 11.7. The summed E-state index contributed by atoms with van der Waals surface area (Å²) >= 11 is 7.11. The number of rotatable bonds is 8. The molecule has 1 N–H and O–H groups in total. The summed E-state index contributed by atoms with van der Waals surface area (Å²) in [5, 5.41) is 2.68. The maximum absolute atomic E-state index is 13.3. The number of carbonyl (C=O) groups excluding carboxylic acids is 2. The summed E-state index contributed by atoms with van der Waals surface area (Å²) in [4.78, 5) is 28.6. The SMILES string of the molecule is CCN(CC)S(=O)(=O)c1ccc(Cl)c(C(=O)OCC(=O)Nc2nc3ccc(F)cc3s2)c1. The molecule has 1 amide bonds. The minimum absolute atomic E-state index is 0.0119. The van der Waals surface area contributed by atoms with Gasteiger partial charge < -0.3 is 4.74 Å². The number of ether oxygens (including phenoxy) is 1. The zero-order valence-electron chi connectivity index (χ0n) is 17.1. The minimum Gasteiger partial charge on any atom is -0.452 e. The Labute approximate surface area is 193 Å². The van der Waals surface area contributed by atoms with Crippen molar-refractivity contribution in [2.45, 2.75) is 18.7 Å². The molecule has 1 heterocycles. The maximum Gasteiger partial charge on any atom is 0.340 e. The molecular weight excluding hydrogens is 481 g/mol. The van der Waals surface area contributed by atoms with Crippen LogP contribution in [0, 0.1) is 5.82 Å². The Balaban J connectivity index is 1.69. The Morgan fingerprint density at radius 1 is 1.19 bits per heavy atom. The van der Waals surface area contributed by atoms with Crippen LogP contribution < -0.4 is 5.32 Å². The lowest BCUT2D eigenvalue weighted by molar-refractivity contribution is -0.119. The van der Waals surface area contributed by atoms with E-state index in [9.17, 15) is 22.4 Å². The molecule has 0 spiro atoms. The average molecular weight is 500 g/mol. The van der Waals surface area contributed by atoms with E-state index in [0.29, 0.717) is 10.2 Å². The fourth-order valence-corrected chi connectivity index (χ4v) is 5.44. The molecule has 0 radical (unpaired) electrons. The van der Waals surface area contributed by atoms with Gasteiger partial charge in [-0.1, -0.05) is 36.8 Å². The van der Waals surface area contributed by atoms with Crippen LogP contribution >= 0.6 is 22.9 Å². The molecule has 0 aliphatic rings. The van der Waals surface area contributed by atoms with Crippen molar-refractivity contribution in [1.82, 2.24) is 9.29 Å². The van der Waals surface area contributed by atoms with Crippen LogP contribution in [-0.2, 0) is 19.6 Å². The number of nitrogens with zero attached hydrogens (tertiary/aromatic N) is 2. The van der Waals surface area contributed by atoms with Gasteiger partial charge in [-0.3, -0.25) is 10.1 Å². The Kier molecular flexibility index (Phi) is 7.44. The van der Waals surface area contributed by atoms with Crippen molar-refractivity contribution in [2.75, 3.05) is 25.0 Å². The van der Waals surface area contributed by atoms with Gasteiger partial charge in [-0.05, 0) is 36.4 Å². The standard InChI is InChI=1S/C20H19ClFN3O5S2/c1-3-25(4-2)32(28,29)13-6-7-15(21)14(10-13)19(27)30-11-18(26)24-20-23-16-8-5-12(22)9-17(16)31-20/h5-10H,3-4,11H2,1-2H3,(H,23,24,26). The first-order valence-corrected chi connectivity index (χ1v) is 12.1. The summed E-state index contributed by atoms with van der Waals surface area (Å²) in [6.07, 6.45) is 0. The predicted molar refractivity (Wildman–Crippen MR) is 120 cm³/mol. The van der Waals surface area contributed by atoms with Gasteiger partial charge in [0.25, 0.3) is 5.91 Å². The second-order valence-corrected chi connectivity index (χ2v) is 9.86. The molecule has 3 rings (SSSR count). The number of thiazole rings is 1. The van der Waals surface area contributed by atoms with Crippen LogP contribution in [0.2, 0.25) is 5.02 Å². The van der Waals surface area contributed by atoms with E-state index in [2.05, 4.69) is 10.3 Å². The number of nitrogens with one attached hydrogen (secondary N) is 1. The summed E-state index contributed by atoms with van der Waals surface area (Å²) in [6.45, 7) is 3.28. The largest absolute Gasteiger partial charge is 0.452 e. The molecule has 0 unspecified atom stereocenters. The average Bonchev–Trinajstić information content (AvgIpc) is 3.14. The quantitative estimate of drug-likeness (QED) is 0.471. The summed E-state index contributed by atoms with van der Waals surface area (Å²) in [5.41, 5.74) is 0.338. The van der Waals surface area contributed by atoms with Crippen molar-refractivity contribution < 1.29 is 27.1 Å². The van der Waals surface area contributed by atoms with Gasteiger partial charge in [0.15, 0.2) is 11.7 Å². The van der Waals surface area contributed by atoms with Crippen LogP contribution in [-0.4, -0.2) is 49.3 Å². The third kappa shape index (κ3) is 5.23. The second kappa shape index (κ2) is 9.90. The highest BCUT2D eigenvalue weighted by molar-refractivity contribution is 7.89. The maximum atomic E-state index is 13.3. The van der Waals surface area contributed by atoms with Crippen LogP contribution in [0.4, 0.5) is 9.52 Å². The fourth-order valence-electron chi connectivity index (χ4n) is 2.85. The molecule has 32 heavy (non-hydrogen) atoms. The molecule has 0 saturated heterocycles. The van der Waals surface area contributed by atoms with E-state index in [1.807, 2.05) is 0 Å². The van der Waals surface area contributed by atoms with Gasteiger partial charge in [0.2, 0.25) is 10.0 Å². The third-order valence-electron chi connectivity index (χ3n) is 4.43. The van der Waals surface area contributed by atoms with E-state index in [1.165, 1.54) is 34.6 Å². The lowest BCUT2D eigenvalue weighted by Gasteiger charge is -2.19. The van der Waals surface area contributed by atoms with E-state index in [-0.39, 0.29) is 33.7 Å². The van der Waals surface area contributed by atoms with Gasteiger partial charge in [-0.2, -0.15) is 4.31 Å². The number of amides is 1. The smallest absolute Gasteiger partial charge is 0.340 e. The number of sulfonamides is 1. The molecule has 0 saturated carbocycles. The number of anilines is 1. The molecular formula is C20H19ClFN3O5S2. The first-order chi connectivity index (χ1) is 15.1. The third-order valence-corrected chi connectivity index (χ3v) is 7.74. The van der Waals surface area contributed by atoms with Gasteiger partial charge in [-0.15, -0.1) is 0 Å². The van der Waals surface area contributed by atoms with E-state index in [4.69, 9.17) is 16.3 Å². The summed E-state index contributed by atoms with van der Waals surface area (Å²) in [7, 11) is -3.81. The lowest BCUT2D eigenvalue weighted by Crippen LogP contribution is -2.30. The minimum atomic E-state index is -3.81. The molecule has 170 valence electrons. The Bertz CT molecular complexity index is 1280. The van der Waals surface area contributed by atoms with Gasteiger partial charge >= 0.3 is 5.97 Å². The van der Waals surface area contributed by atoms with E-state index in [0.717, 1.165) is 17.4 Å². The van der Waals surface area contributed by atoms with Crippen LogP contribution in [0.25, 0.3) is 10.2 Å². The van der Waals surface area contributed by atoms with E-state index >= 15 is 0 Å². The number of benzene rings is 2. The molecule has 12 heteroatoms. The first-order valence-electron chi connectivity index (χ1n) is 9.48. The van der Waals surface area contributed by atoms with Crippen molar-refractivity contribution in [1.29, 1.82) is 0 Å². The molecule has 0 aliphatic carbocycles. The van der Waals surface area contributed by atoms with Crippen LogP contribution in [0.5, 0.6) is 0 Å². The van der Waals surface area contributed by atoms with Crippen molar-refractivity contribution in [3.8, 4) is 0 Å². The number of hydrogen-bond acceptors (Lipinski definition) is 7.